The molecule has 7 rings (SSSR count). The van der Waals surface area contributed by atoms with Crippen LogP contribution in [0.25, 0.3) is 11.1 Å². The van der Waals surface area contributed by atoms with Crippen molar-refractivity contribution in [3.05, 3.63) is 148 Å². The van der Waals surface area contributed by atoms with E-state index in [1.54, 1.807) is 54.6 Å². The van der Waals surface area contributed by atoms with E-state index >= 15 is 0 Å². The minimum Gasteiger partial charge on any atom is -0.480 e. The van der Waals surface area contributed by atoms with Gasteiger partial charge in [-0.1, -0.05) is 103 Å². The van der Waals surface area contributed by atoms with E-state index in [1.165, 1.54) is 11.3 Å². The fraction of sp³-hybridized carbons (Fsp3) is 0.209. The molecule has 2 aliphatic rings. The van der Waals surface area contributed by atoms with E-state index in [1.807, 2.05) is 72.1 Å². The van der Waals surface area contributed by atoms with Crippen molar-refractivity contribution in [2.75, 3.05) is 5.32 Å². The van der Waals surface area contributed by atoms with E-state index in [0.29, 0.717) is 22.4 Å². The zero-order chi connectivity index (χ0) is 39.4. The van der Waals surface area contributed by atoms with Crippen LogP contribution < -0.4 is 26.6 Å². The van der Waals surface area contributed by atoms with Gasteiger partial charge in [0.1, 0.15) is 24.2 Å². The van der Waals surface area contributed by atoms with Crippen LogP contribution in [0.1, 0.15) is 40.5 Å². The maximum absolute atomic E-state index is 14.4. The van der Waals surface area contributed by atoms with E-state index in [4.69, 9.17) is 0 Å². The Morgan fingerprint density at radius 1 is 0.607 bits per heavy atom. The second kappa shape index (κ2) is 18.6. The van der Waals surface area contributed by atoms with Crippen molar-refractivity contribution < 1.29 is 33.9 Å². The molecule has 5 aromatic rings. The summed E-state index contributed by atoms with van der Waals surface area (Å²) in [5.41, 5.74) is 4.05. The Morgan fingerprint density at radius 3 is 1.89 bits per heavy atom. The Morgan fingerprint density at radius 2 is 1.23 bits per heavy atom. The standard InChI is InChI=1S/C43H41N5O7S/c49-37-21-22-38(50)45-35(26-33-12-7-23-56-33)40(51)46-34(24-27-13-17-30(18-14-27)29-8-3-1-4-9-29)41(52)48-39(31-10-5-2-6-11-31)42(53)47-36(43(54)55)25-28-15-19-32(44-37)20-16-28/h1-20,23,34-36,39H,21-22,24-26H2,(H,44,49)(H,45,50)(H,46,51)(H,47,53)(H,48,52)(H,54,55)/t34-,35+,36-,39+/m0/s1. The largest absolute Gasteiger partial charge is 0.480 e. The second-order valence-corrected chi connectivity index (χ2v) is 14.5. The summed E-state index contributed by atoms with van der Waals surface area (Å²) in [6.07, 6.45) is -0.321. The molecule has 13 heteroatoms. The van der Waals surface area contributed by atoms with Crippen LogP contribution in [0.15, 0.2) is 127 Å². The smallest absolute Gasteiger partial charge is 0.326 e. The highest BCUT2D eigenvalue weighted by molar-refractivity contribution is 7.09. The van der Waals surface area contributed by atoms with Crippen molar-refractivity contribution >= 4 is 52.5 Å². The highest BCUT2D eigenvalue weighted by Gasteiger charge is 2.33. The lowest BCUT2D eigenvalue weighted by atomic mass is 9.99. The Hall–Kier alpha value is -6.60. The first-order chi connectivity index (χ1) is 27.1. The molecule has 2 bridgehead atoms. The van der Waals surface area contributed by atoms with Gasteiger partial charge in [-0.15, -0.1) is 11.3 Å². The lowest BCUT2D eigenvalue weighted by Crippen LogP contribution is -2.56. The summed E-state index contributed by atoms with van der Waals surface area (Å²) in [4.78, 5) is 81.7. The fourth-order valence-corrected chi connectivity index (χ4v) is 7.09. The van der Waals surface area contributed by atoms with Crippen LogP contribution in [0.2, 0.25) is 0 Å². The molecule has 12 nitrogen and oxygen atoms in total. The topological polar surface area (TPSA) is 183 Å². The molecule has 0 saturated heterocycles. The zero-order valence-corrected chi connectivity index (χ0v) is 31.1. The highest BCUT2D eigenvalue weighted by atomic mass is 32.1. The van der Waals surface area contributed by atoms with Gasteiger partial charge >= 0.3 is 5.97 Å². The summed E-state index contributed by atoms with van der Waals surface area (Å²) < 4.78 is 0. The number of nitrogens with one attached hydrogen (secondary N) is 5. The van der Waals surface area contributed by atoms with Crippen molar-refractivity contribution in [1.82, 2.24) is 21.3 Å². The monoisotopic (exact) mass is 771 g/mol. The summed E-state index contributed by atoms with van der Waals surface area (Å²) >= 11 is 1.40. The molecule has 286 valence electrons. The minimum atomic E-state index is -1.37. The first-order valence-corrected chi connectivity index (χ1v) is 19.0. The van der Waals surface area contributed by atoms with E-state index < -0.39 is 59.7 Å². The lowest BCUT2D eigenvalue weighted by Gasteiger charge is -2.26. The predicted octanol–water partition coefficient (Wildman–Crippen LogP) is 4.57. The van der Waals surface area contributed by atoms with Gasteiger partial charge in [-0.2, -0.15) is 0 Å². The number of hydrogen-bond acceptors (Lipinski definition) is 7. The molecule has 0 spiro atoms. The number of carboxylic acids is 1. The lowest BCUT2D eigenvalue weighted by molar-refractivity contribution is -0.142. The number of amides is 5. The Labute approximate surface area is 327 Å². The average Bonchev–Trinajstić information content (AvgIpc) is 3.73. The highest BCUT2D eigenvalue weighted by Crippen LogP contribution is 2.21. The molecule has 4 aromatic carbocycles. The van der Waals surface area contributed by atoms with Crippen LogP contribution in [0.5, 0.6) is 0 Å². The van der Waals surface area contributed by atoms with E-state index in [-0.39, 0.29) is 32.1 Å². The van der Waals surface area contributed by atoms with Crippen molar-refractivity contribution in [2.24, 2.45) is 0 Å². The van der Waals surface area contributed by atoms with E-state index in [9.17, 15) is 33.9 Å². The summed E-state index contributed by atoms with van der Waals surface area (Å²) in [7, 11) is 0. The van der Waals surface area contributed by atoms with E-state index in [2.05, 4.69) is 26.6 Å². The third kappa shape index (κ3) is 10.8. The Bertz CT molecular complexity index is 2140. The number of thiophene rings is 1. The maximum Gasteiger partial charge on any atom is 0.326 e. The van der Waals surface area contributed by atoms with Gasteiger partial charge < -0.3 is 31.7 Å². The van der Waals surface area contributed by atoms with Crippen molar-refractivity contribution in [3.63, 3.8) is 0 Å². The Balaban J connectivity index is 1.35. The van der Waals surface area contributed by atoms with Crippen LogP contribution in [-0.4, -0.2) is 58.7 Å². The molecular weight excluding hydrogens is 731 g/mol. The zero-order valence-electron chi connectivity index (χ0n) is 30.3. The molecule has 0 unspecified atom stereocenters. The second-order valence-electron chi connectivity index (χ2n) is 13.4. The molecule has 0 saturated carbocycles. The average molecular weight is 772 g/mol. The third-order valence-corrected chi connectivity index (χ3v) is 10.2. The van der Waals surface area contributed by atoms with Gasteiger partial charge in [-0.25, -0.2) is 4.79 Å². The van der Waals surface area contributed by atoms with Gasteiger partial charge in [-0.05, 0) is 51.4 Å². The Kier molecular flexibility index (Phi) is 13.0. The fourth-order valence-electron chi connectivity index (χ4n) is 6.34. The third-order valence-electron chi connectivity index (χ3n) is 9.32. The van der Waals surface area contributed by atoms with Crippen molar-refractivity contribution in [3.8, 4) is 11.1 Å². The first kappa shape index (κ1) is 39.1. The molecule has 1 aromatic heterocycles. The SMILES string of the molecule is O=C1CCC(=O)N[C@H](Cc2cccs2)C(=O)N[C@@H](Cc2ccc(-c3ccccc3)cc2)C(=O)N[C@H](c2ccccc2)C(=O)N[C@H](C(=O)O)Cc2ccc(cc2)N1. The minimum absolute atomic E-state index is 0.0170. The predicted molar refractivity (Wildman–Crippen MR) is 212 cm³/mol. The number of carbonyl (C=O) groups is 6. The van der Waals surface area contributed by atoms with Crippen LogP contribution in [-0.2, 0) is 48.0 Å². The molecule has 56 heavy (non-hydrogen) atoms. The number of fused-ring (bicyclic) bond motifs is 18. The molecule has 4 atom stereocenters. The van der Waals surface area contributed by atoms with Crippen LogP contribution >= 0.6 is 11.3 Å². The summed E-state index contributed by atoms with van der Waals surface area (Å²) in [5.74, 6) is -4.38. The van der Waals surface area contributed by atoms with Crippen LogP contribution in [0.4, 0.5) is 5.69 Å². The van der Waals surface area contributed by atoms with Gasteiger partial charge in [0.2, 0.25) is 29.5 Å². The maximum atomic E-state index is 14.4. The van der Waals surface area contributed by atoms with Crippen molar-refractivity contribution in [2.45, 2.75) is 56.3 Å². The number of anilines is 1. The van der Waals surface area contributed by atoms with Gasteiger partial charge in [0.05, 0.1) is 0 Å². The number of aliphatic carboxylic acids is 1. The van der Waals surface area contributed by atoms with Gasteiger partial charge in [0.15, 0.2) is 0 Å². The number of rotatable bonds is 7. The number of hydrogen-bond donors (Lipinski definition) is 6. The summed E-state index contributed by atoms with van der Waals surface area (Å²) in [5, 5.41) is 25.6. The molecule has 0 radical (unpaired) electrons. The van der Waals surface area contributed by atoms with Gasteiger partial charge in [-0.3, -0.25) is 24.0 Å². The van der Waals surface area contributed by atoms with Crippen molar-refractivity contribution in [1.29, 1.82) is 0 Å². The molecular formula is C43H41N5O7S. The number of benzene rings is 4. The quantitative estimate of drug-likeness (QED) is 0.131. The van der Waals surface area contributed by atoms with Crippen LogP contribution in [0.3, 0.4) is 0 Å². The molecule has 6 N–H and O–H groups in total. The van der Waals surface area contributed by atoms with Gasteiger partial charge in [0, 0.05) is 42.7 Å². The van der Waals surface area contributed by atoms with E-state index in [0.717, 1.165) is 16.0 Å². The first-order valence-electron chi connectivity index (χ1n) is 18.1. The molecule has 0 fully saturated rings. The van der Waals surface area contributed by atoms with Gasteiger partial charge in [0.25, 0.3) is 0 Å². The number of carboxylic acid groups (broad SMARTS) is 1. The molecule has 2 aliphatic heterocycles. The molecule has 0 aliphatic carbocycles. The molecule has 3 heterocycles. The normalized spacial score (nSPS) is 20.0. The summed E-state index contributed by atoms with van der Waals surface area (Å²) in [6, 6.07) is 30.7. The summed E-state index contributed by atoms with van der Waals surface area (Å²) in [6.45, 7) is 0. The number of carbonyl (C=O) groups excluding carboxylic acids is 5. The molecule has 5 amide bonds. The van der Waals surface area contributed by atoms with Crippen LogP contribution in [0, 0.1) is 0 Å².